The van der Waals surface area contributed by atoms with Crippen LogP contribution < -0.4 is 5.73 Å². The zero-order valence-electron chi connectivity index (χ0n) is 17.7. The molecule has 8 heteroatoms. The van der Waals surface area contributed by atoms with Gasteiger partial charge >= 0.3 is 0 Å². The summed E-state index contributed by atoms with van der Waals surface area (Å²) in [5, 5.41) is 13.4. The van der Waals surface area contributed by atoms with E-state index in [1.54, 1.807) is 18.7 Å². The fourth-order valence-corrected chi connectivity index (χ4v) is 3.99. The first-order chi connectivity index (χ1) is 14.9. The molecule has 7 nitrogen and oxygen atoms in total. The van der Waals surface area contributed by atoms with Crippen LogP contribution in [0.4, 0.5) is 0 Å². The van der Waals surface area contributed by atoms with Gasteiger partial charge in [-0.2, -0.15) is 0 Å². The number of furan rings is 1. The summed E-state index contributed by atoms with van der Waals surface area (Å²) in [7, 11) is 0. The van der Waals surface area contributed by atoms with Gasteiger partial charge in [0, 0.05) is 23.5 Å². The summed E-state index contributed by atoms with van der Waals surface area (Å²) in [5.74, 6) is 0.885. The van der Waals surface area contributed by atoms with Crippen LogP contribution >= 0.6 is 11.6 Å². The van der Waals surface area contributed by atoms with Gasteiger partial charge in [0.25, 0.3) is 0 Å². The maximum absolute atomic E-state index is 6.86. The van der Waals surface area contributed by atoms with Crippen molar-refractivity contribution in [3.8, 4) is 0 Å². The highest BCUT2D eigenvalue weighted by Gasteiger charge is 2.39. The number of halogens is 1. The van der Waals surface area contributed by atoms with Gasteiger partial charge in [-0.25, -0.2) is 4.68 Å². The van der Waals surface area contributed by atoms with Gasteiger partial charge in [-0.1, -0.05) is 29.8 Å². The lowest BCUT2D eigenvalue weighted by atomic mass is 9.77. The Bertz CT molecular complexity index is 1100. The number of rotatable bonds is 6. The predicted octanol–water partition coefficient (Wildman–Crippen LogP) is 4.69. The van der Waals surface area contributed by atoms with Crippen LogP contribution in [-0.2, 0) is 5.54 Å². The third-order valence-electron chi connectivity index (χ3n) is 5.32. The molecule has 31 heavy (non-hydrogen) atoms. The standard InChI is InChI=1S/C23H25ClN6O/c1-23(2,3)30-22(27-28-29-30)19(15-8-10-17(24)11-9-15)20(18-7-5-13-31-18)21(25)16-6-4-12-26-14-16/h4-14,19-21H,25H2,1-3H3. The molecule has 3 heterocycles. The number of benzene rings is 1. The number of hydrogen-bond acceptors (Lipinski definition) is 6. The van der Waals surface area contributed by atoms with Gasteiger partial charge < -0.3 is 10.2 Å². The Labute approximate surface area is 186 Å². The lowest BCUT2D eigenvalue weighted by Gasteiger charge is -2.32. The van der Waals surface area contributed by atoms with Gasteiger partial charge in [-0.15, -0.1) is 5.10 Å². The minimum absolute atomic E-state index is 0.284. The van der Waals surface area contributed by atoms with E-state index in [1.165, 1.54) is 0 Å². The van der Waals surface area contributed by atoms with E-state index in [2.05, 4.69) is 41.3 Å². The molecule has 3 aromatic heterocycles. The normalized spacial score (nSPS) is 14.9. The maximum Gasteiger partial charge on any atom is 0.160 e. The van der Waals surface area contributed by atoms with Crippen LogP contribution in [0.25, 0.3) is 0 Å². The smallest absolute Gasteiger partial charge is 0.160 e. The van der Waals surface area contributed by atoms with Crippen LogP contribution in [0.15, 0.2) is 71.6 Å². The van der Waals surface area contributed by atoms with Crippen molar-refractivity contribution in [3.05, 3.63) is 94.9 Å². The average molecular weight is 437 g/mol. The molecule has 0 aliphatic carbocycles. The quantitative estimate of drug-likeness (QED) is 0.471. The van der Waals surface area contributed by atoms with E-state index in [0.717, 1.165) is 16.9 Å². The van der Waals surface area contributed by atoms with Crippen molar-refractivity contribution >= 4 is 11.6 Å². The van der Waals surface area contributed by atoms with Crippen molar-refractivity contribution in [1.29, 1.82) is 0 Å². The van der Waals surface area contributed by atoms with E-state index < -0.39 is 6.04 Å². The molecule has 0 bridgehead atoms. The molecule has 0 saturated carbocycles. The topological polar surface area (TPSA) is 95.7 Å². The fourth-order valence-electron chi connectivity index (χ4n) is 3.86. The maximum atomic E-state index is 6.86. The molecule has 3 unspecified atom stereocenters. The number of nitrogens with zero attached hydrogens (tertiary/aromatic N) is 5. The highest BCUT2D eigenvalue weighted by molar-refractivity contribution is 6.30. The lowest BCUT2D eigenvalue weighted by molar-refractivity contribution is 0.313. The van der Waals surface area contributed by atoms with Crippen LogP contribution in [0.3, 0.4) is 0 Å². The SMILES string of the molecule is CC(C)(C)n1nnnc1C(c1ccc(Cl)cc1)C(c1ccco1)C(N)c1cccnc1. The van der Waals surface area contributed by atoms with Crippen molar-refractivity contribution in [2.45, 2.75) is 44.2 Å². The van der Waals surface area contributed by atoms with Crippen molar-refractivity contribution < 1.29 is 4.42 Å². The molecular weight excluding hydrogens is 412 g/mol. The molecule has 0 amide bonds. The summed E-state index contributed by atoms with van der Waals surface area (Å²) in [6.45, 7) is 6.19. The molecule has 4 aromatic rings. The summed E-state index contributed by atoms with van der Waals surface area (Å²) in [5.41, 5.74) is 8.43. The minimum atomic E-state index is -0.411. The Kier molecular flexibility index (Phi) is 5.89. The predicted molar refractivity (Wildman–Crippen MR) is 119 cm³/mol. The summed E-state index contributed by atoms with van der Waals surface area (Å²) >= 11 is 6.19. The molecule has 0 spiro atoms. The molecule has 0 radical (unpaired) electrons. The molecule has 0 saturated heterocycles. The second kappa shape index (κ2) is 8.61. The summed E-state index contributed by atoms with van der Waals surface area (Å²) in [6.07, 6.45) is 5.17. The van der Waals surface area contributed by atoms with Crippen LogP contribution in [0.2, 0.25) is 5.02 Å². The van der Waals surface area contributed by atoms with E-state index in [4.69, 9.17) is 21.8 Å². The van der Waals surface area contributed by atoms with Crippen LogP contribution in [-0.4, -0.2) is 25.2 Å². The first-order valence-corrected chi connectivity index (χ1v) is 10.5. The molecule has 160 valence electrons. The Morgan fingerprint density at radius 3 is 2.42 bits per heavy atom. The van der Waals surface area contributed by atoms with Crippen molar-refractivity contribution in [2.24, 2.45) is 5.73 Å². The van der Waals surface area contributed by atoms with Crippen molar-refractivity contribution in [1.82, 2.24) is 25.2 Å². The monoisotopic (exact) mass is 436 g/mol. The zero-order valence-corrected chi connectivity index (χ0v) is 18.4. The molecule has 3 atom stereocenters. The van der Waals surface area contributed by atoms with E-state index in [9.17, 15) is 0 Å². The first kappa shape index (κ1) is 21.2. The van der Waals surface area contributed by atoms with Gasteiger partial charge in [0.2, 0.25) is 0 Å². The zero-order chi connectivity index (χ0) is 22.0. The third-order valence-corrected chi connectivity index (χ3v) is 5.58. The minimum Gasteiger partial charge on any atom is -0.469 e. The van der Waals surface area contributed by atoms with Crippen LogP contribution in [0.5, 0.6) is 0 Å². The van der Waals surface area contributed by atoms with E-state index in [0.29, 0.717) is 10.8 Å². The third kappa shape index (κ3) is 4.38. The van der Waals surface area contributed by atoms with Gasteiger partial charge in [0.1, 0.15) is 5.76 Å². The largest absolute Gasteiger partial charge is 0.469 e. The Balaban J connectivity index is 1.93. The molecule has 2 N–H and O–H groups in total. The number of pyridine rings is 1. The van der Waals surface area contributed by atoms with Crippen molar-refractivity contribution in [3.63, 3.8) is 0 Å². The molecule has 0 fully saturated rings. The number of aromatic nitrogens is 5. The number of tetrazole rings is 1. The second-order valence-corrected chi connectivity index (χ2v) is 8.94. The Morgan fingerprint density at radius 1 is 1.03 bits per heavy atom. The second-order valence-electron chi connectivity index (χ2n) is 8.50. The van der Waals surface area contributed by atoms with E-state index in [-0.39, 0.29) is 17.4 Å². The van der Waals surface area contributed by atoms with Crippen LogP contribution in [0.1, 0.15) is 61.4 Å². The fraction of sp³-hybridized carbons (Fsp3) is 0.304. The van der Waals surface area contributed by atoms with Gasteiger partial charge in [-0.05, 0) is 72.7 Å². The van der Waals surface area contributed by atoms with E-state index in [1.807, 2.05) is 53.2 Å². The Hall–Kier alpha value is -3.03. The summed E-state index contributed by atoms with van der Waals surface area (Å²) in [6, 6.07) is 14.9. The molecule has 4 rings (SSSR count). The van der Waals surface area contributed by atoms with Crippen molar-refractivity contribution in [2.75, 3.05) is 0 Å². The highest BCUT2D eigenvalue weighted by atomic mass is 35.5. The van der Waals surface area contributed by atoms with Gasteiger partial charge in [-0.3, -0.25) is 4.98 Å². The summed E-state index contributed by atoms with van der Waals surface area (Å²) < 4.78 is 7.73. The van der Waals surface area contributed by atoms with Gasteiger partial charge in [0.05, 0.1) is 23.6 Å². The van der Waals surface area contributed by atoms with Gasteiger partial charge in [0.15, 0.2) is 5.82 Å². The molecule has 0 aliphatic heterocycles. The van der Waals surface area contributed by atoms with E-state index >= 15 is 0 Å². The average Bonchev–Trinajstić information content (AvgIpc) is 3.45. The molecule has 1 aromatic carbocycles. The number of hydrogen-bond donors (Lipinski definition) is 1. The number of nitrogens with two attached hydrogens (primary N) is 1. The lowest BCUT2D eigenvalue weighted by Crippen LogP contribution is -2.32. The summed E-state index contributed by atoms with van der Waals surface area (Å²) in [4.78, 5) is 4.26. The molecular formula is C23H25ClN6O. The van der Waals surface area contributed by atoms with Crippen LogP contribution in [0, 0.1) is 0 Å². The highest BCUT2D eigenvalue weighted by Crippen LogP contribution is 2.45. The first-order valence-electron chi connectivity index (χ1n) is 10.1. The molecule has 0 aliphatic rings. The Morgan fingerprint density at radius 2 is 1.81 bits per heavy atom.